The summed E-state index contributed by atoms with van der Waals surface area (Å²) in [5.41, 5.74) is 3.69. The van der Waals surface area contributed by atoms with Gasteiger partial charge in [-0.15, -0.1) is 0 Å². The van der Waals surface area contributed by atoms with Gasteiger partial charge in [0.05, 0.1) is 12.9 Å². The van der Waals surface area contributed by atoms with Crippen LogP contribution in [0.15, 0.2) is 72.8 Å². The zero-order valence-corrected chi connectivity index (χ0v) is 14.5. The first-order valence-corrected chi connectivity index (χ1v) is 8.82. The van der Waals surface area contributed by atoms with E-state index in [2.05, 4.69) is 4.98 Å². The first-order chi connectivity index (χ1) is 12.8. The van der Waals surface area contributed by atoms with Crippen molar-refractivity contribution in [1.29, 1.82) is 0 Å². The van der Waals surface area contributed by atoms with Gasteiger partial charge in [-0.2, -0.15) is 0 Å². The Morgan fingerprint density at radius 2 is 1.96 bits per heavy atom. The van der Waals surface area contributed by atoms with Crippen molar-refractivity contribution in [2.45, 2.75) is 19.4 Å². The van der Waals surface area contributed by atoms with Crippen LogP contribution in [0.1, 0.15) is 27.9 Å². The van der Waals surface area contributed by atoms with E-state index in [1.807, 2.05) is 71.7 Å². The molecule has 1 aliphatic rings. The second kappa shape index (κ2) is 7.40. The molecule has 2 aromatic carbocycles. The van der Waals surface area contributed by atoms with Crippen molar-refractivity contribution in [3.05, 3.63) is 89.5 Å². The van der Waals surface area contributed by atoms with Crippen molar-refractivity contribution in [2.24, 2.45) is 0 Å². The Kier molecular flexibility index (Phi) is 4.65. The topological polar surface area (TPSA) is 44.1 Å². The van der Waals surface area contributed by atoms with Crippen LogP contribution in [0.5, 0.6) is 5.75 Å². The standard InChI is InChI=1S/C22H20N2O2/c25-22-19(14-17-6-1-3-8-20(17)22)15-18-7-2-4-9-21(18)26-13-5-11-24-12-10-23-16-24/h1-4,6-10,12,15-16H,5,11,13-14H2. The number of allylic oxidation sites excluding steroid dienone is 1. The van der Waals surface area contributed by atoms with Gasteiger partial charge in [0.2, 0.25) is 0 Å². The third kappa shape index (κ3) is 3.45. The molecule has 0 unspecified atom stereocenters. The fraction of sp³-hybridized carbons (Fsp3) is 0.182. The highest BCUT2D eigenvalue weighted by molar-refractivity contribution is 6.15. The number of hydrogen-bond acceptors (Lipinski definition) is 3. The molecular formula is C22H20N2O2. The maximum absolute atomic E-state index is 12.6. The monoisotopic (exact) mass is 344 g/mol. The van der Waals surface area contributed by atoms with Crippen LogP contribution in [0, 0.1) is 0 Å². The van der Waals surface area contributed by atoms with Crippen molar-refractivity contribution >= 4 is 11.9 Å². The number of hydrogen-bond donors (Lipinski definition) is 0. The summed E-state index contributed by atoms with van der Waals surface area (Å²) in [6.07, 6.45) is 9.07. The van der Waals surface area contributed by atoms with Crippen LogP contribution in [-0.2, 0) is 13.0 Å². The van der Waals surface area contributed by atoms with E-state index in [9.17, 15) is 4.79 Å². The Morgan fingerprint density at radius 1 is 1.12 bits per heavy atom. The van der Waals surface area contributed by atoms with E-state index < -0.39 is 0 Å². The minimum Gasteiger partial charge on any atom is -0.493 e. The van der Waals surface area contributed by atoms with Gasteiger partial charge in [-0.25, -0.2) is 4.98 Å². The Balaban J connectivity index is 1.45. The Labute approximate surface area is 152 Å². The van der Waals surface area contributed by atoms with Gasteiger partial charge >= 0.3 is 0 Å². The lowest BCUT2D eigenvalue weighted by atomic mass is 10.1. The summed E-state index contributed by atoms with van der Waals surface area (Å²) in [6.45, 7) is 1.49. The van der Waals surface area contributed by atoms with Gasteiger partial charge in [-0.1, -0.05) is 42.5 Å². The Morgan fingerprint density at radius 3 is 2.81 bits per heavy atom. The number of nitrogens with zero attached hydrogens (tertiary/aromatic N) is 2. The molecule has 4 rings (SSSR count). The number of imidazole rings is 1. The second-order valence-electron chi connectivity index (χ2n) is 6.37. The molecule has 0 fully saturated rings. The number of ketones is 1. The molecule has 0 bridgehead atoms. The maximum atomic E-state index is 12.6. The summed E-state index contributed by atoms with van der Waals surface area (Å²) >= 11 is 0. The number of rotatable bonds is 6. The van der Waals surface area contributed by atoms with Gasteiger partial charge in [0.1, 0.15) is 5.75 Å². The molecule has 0 saturated heterocycles. The number of aromatic nitrogens is 2. The third-order valence-electron chi connectivity index (χ3n) is 4.56. The van der Waals surface area contributed by atoms with Crippen molar-refractivity contribution in [3.63, 3.8) is 0 Å². The van der Waals surface area contributed by atoms with Gasteiger partial charge < -0.3 is 9.30 Å². The van der Waals surface area contributed by atoms with Crippen molar-refractivity contribution in [2.75, 3.05) is 6.61 Å². The molecule has 130 valence electrons. The number of carbonyl (C=O) groups is 1. The number of benzene rings is 2. The van der Waals surface area contributed by atoms with Gasteiger partial charge in [-0.3, -0.25) is 4.79 Å². The van der Waals surface area contributed by atoms with E-state index in [0.29, 0.717) is 13.0 Å². The van der Waals surface area contributed by atoms with E-state index in [-0.39, 0.29) is 5.78 Å². The summed E-state index contributed by atoms with van der Waals surface area (Å²) in [4.78, 5) is 16.6. The Hall–Kier alpha value is -3.14. The highest BCUT2D eigenvalue weighted by Crippen LogP contribution is 2.29. The molecule has 1 heterocycles. The van der Waals surface area contributed by atoms with Crippen molar-refractivity contribution in [1.82, 2.24) is 9.55 Å². The Bertz CT molecular complexity index is 942. The average Bonchev–Trinajstić information content (AvgIpc) is 3.29. The quantitative estimate of drug-likeness (QED) is 0.498. The molecule has 3 aromatic rings. The minimum absolute atomic E-state index is 0.121. The fourth-order valence-electron chi connectivity index (χ4n) is 3.24. The average molecular weight is 344 g/mol. The van der Waals surface area contributed by atoms with E-state index >= 15 is 0 Å². The van der Waals surface area contributed by atoms with Gasteiger partial charge in [-0.05, 0) is 24.1 Å². The van der Waals surface area contributed by atoms with Crippen LogP contribution in [0.2, 0.25) is 0 Å². The van der Waals surface area contributed by atoms with Crippen LogP contribution >= 0.6 is 0 Å². The fourth-order valence-corrected chi connectivity index (χ4v) is 3.24. The first kappa shape index (κ1) is 16.3. The summed E-state index contributed by atoms with van der Waals surface area (Å²) in [7, 11) is 0. The van der Waals surface area contributed by atoms with Crippen molar-refractivity contribution in [3.8, 4) is 5.75 Å². The highest BCUT2D eigenvalue weighted by Gasteiger charge is 2.24. The van der Waals surface area contributed by atoms with E-state index in [1.165, 1.54) is 0 Å². The predicted octanol–water partition coefficient (Wildman–Crippen LogP) is 4.17. The smallest absolute Gasteiger partial charge is 0.189 e. The summed E-state index contributed by atoms with van der Waals surface area (Å²) in [5, 5.41) is 0. The number of Topliss-reactive ketones (excluding diaryl/α,β-unsaturated/α-hetero) is 1. The predicted molar refractivity (Wildman–Crippen MR) is 101 cm³/mol. The first-order valence-electron chi connectivity index (χ1n) is 8.82. The van der Waals surface area contributed by atoms with Crippen LogP contribution in [0.25, 0.3) is 6.08 Å². The molecule has 0 radical (unpaired) electrons. The maximum Gasteiger partial charge on any atom is 0.189 e. The summed E-state index contributed by atoms with van der Waals surface area (Å²) < 4.78 is 8.00. The van der Waals surface area contributed by atoms with E-state index in [0.717, 1.165) is 41.0 Å². The molecule has 26 heavy (non-hydrogen) atoms. The molecule has 1 aliphatic carbocycles. The zero-order valence-electron chi connectivity index (χ0n) is 14.5. The molecule has 0 spiro atoms. The van der Waals surface area contributed by atoms with E-state index in [1.54, 1.807) is 6.20 Å². The third-order valence-corrected chi connectivity index (χ3v) is 4.56. The van der Waals surface area contributed by atoms with E-state index in [4.69, 9.17) is 4.74 Å². The molecule has 0 saturated carbocycles. The lowest BCUT2D eigenvalue weighted by Gasteiger charge is -2.10. The number of fused-ring (bicyclic) bond motifs is 1. The summed E-state index contributed by atoms with van der Waals surface area (Å²) in [5.74, 6) is 0.935. The lowest BCUT2D eigenvalue weighted by Crippen LogP contribution is -2.04. The second-order valence-corrected chi connectivity index (χ2v) is 6.37. The molecule has 4 nitrogen and oxygen atoms in total. The number of aryl methyl sites for hydroxylation is 1. The highest BCUT2D eigenvalue weighted by atomic mass is 16.5. The van der Waals surface area contributed by atoms with Crippen LogP contribution in [0.3, 0.4) is 0 Å². The minimum atomic E-state index is 0.121. The number of ether oxygens (including phenoxy) is 1. The molecule has 0 N–H and O–H groups in total. The number of para-hydroxylation sites is 1. The molecule has 0 atom stereocenters. The number of carbonyl (C=O) groups excluding carboxylic acids is 1. The van der Waals surface area contributed by atoms with Crippen LogP contribution in [0.4, 0.5) is 0 Å². The van der Waals surface area contributed by atoms with Gasteiger partial charge in [0, 0.05) is 42.1 Å². The van der Waals surface area contributed by atoms with Gasteiger partial charge in [0.15, 0.2) is 5.78 Å². The van der Waals surface area contributed by atoms with Crippen molar-refractivity contribution < 1.29 is 9.53 Å². The van der Waals surface area contributed by atoms with Crippen LogP contribution in [-0.4, -0.2) is 21.9 Å². The van der Waals surface area contributed by atoms with Crippen LogP contribution < -0.4 is 4.74 Å². The molecular weight excluding hydrogens is 324 g/mol. The lowest BCUT2D eigenvalue weighted by molar-refractivity contribution is 0.104. The molecule has 0 amide bonds. The largest absolute Gasteiger partial charge is 0.493 e. The normalized spacial score (nSPS) is 14.6. The summed E-state index contributed by atoms with van der Waals surface area (Å²) in [6, 6.07) is 15.7. The SMILES string of the molecule is O=C1C(=Cc2ccccc2OCCCn2ccnc2)Cc2ccccc21. The van der Waals surface area contributed by atoms with Gasteiger partial charge in [0.25, 0.3) is 0 Å². The molecule has 0 aliphatic heterocycles. The zero-order chi connectivity index (χ0) is 17.8. The molecule has 1 aromatic heterocycles. The molecule has 4 heteroatoms.